The number of methoxy groups -OCH3 is 3. The molecular weight excluding hydrogens is 662 g/mol. The Hall–Kier alpha value is -3.70. The first-order valence-electron chi connectivity index (χ1n) is 11.9. The first-order valence-corrected chi connectivity index (χ1v) is 18.6. The molecule has 0 aliphatic heterocycles. The van der Waals surface area contributed by atoms with Gasteiger partial charge in [0.25, 0.3) is 0 Å². The summed E-state index contributed by atoms with van der Waals surface area (Å²) in [5, 5.41) is 0. The zero-order valence-corrected chi connectivity index (χ0v) is 26.0. The SMILES string of the molecule is COc1cc(Cc2cnc(N(c3ccc([As](=O)(O)O)cc3)c3ccc([As](=O)(O)O)cc3)nc2N)cc(OC)c1OC. The van der Waals surface area contributed by atoms with E-state index in [1.54, 1.807) is 23.2 Å². The van der Waals surface area contributed by atoms with E-state index in [4.69, 9.17) is 19.9 Å². The van der Waals surface area contributed by atoms with Gasteiger partial charge >= 0.3 is 189 Å². The first-order chi connectivity index (χ1) is 19.3. The molecule has 0 atom stereocenters. The molecule has 13 nitrogen and oxygen atoms in total. The summed E-state index contributed by atoms with van der Waals surface area (Å²) in [4.78, 5) is 10.5. The molecule has 41 heavy (non-hydrogen) atoms. The van der Waals surface area contributed by atoms with Gasteiger partial charge in [-0.25, -0.2) is 0 Å². The van der Waals surface area contributed by atoms with Crippen LogP contribution in [0.1, 0.15) is 11.1 Å². The summed E-state index contributed by atoms with van der Waals surface area (Å²) in [6.45, 7) is 0. The molecule has 0 fully saturated rings. The van der Waals surface area contributed by atoms with Gasteiger partial charge in [0.05, 0.1) is 21.3 Å². The standard InChI is InChI=1S/C26H28As2N4O9/c1-39-22-13-16(14-23(40-2)24(22)41-3)12-17-15-30-26(31-25(17)29)32(20-8-4-18(5-9-20)27(33,34)35)21-10-6-19(7-11-21)28(36,37)38/h4-11,13-15H,12H2,1-3H3,(H2,29,30,31)(H2,33,34,35)(H2,36,37,38). The number of rotatable bonds is 10. The number of aromatic nitrogens is 2. The first kappa shape index (κ1) is 30.3. The molecule has 4 aromatic rings. The maximum absolute atomic E-state index is 11.7. The summed E-state index contributed by atoms with van der Waals surface area (Å²) in [5.41, 5.74) is 8.62. The van der Waals surface area contributed by atoms with E-state index in [-0.39, 0.29) is 20.5 Å². The second kappa shape index (κ2) is 12.0. The fraction of sp³-hybridized carbons (Fsp3) is 0.154. The number of hydrogen-bond acceptors (Lipinski definition) is 9. The molecule has 1 aromatic heterocycles. The van der Waals surface area contributed by atoms with E-state index in [0.717, 1.165) is 5.56 Å². The van der Waals surface area contributed by atoms with Gasteiger partial charge in [-0.05, 0) is 0 Å². The van der Waals surface area contributed by atoms with Crippen LogP contribution in [0.5, 0.6) is 17.2 Å². The molecule has 0 aliphatic carbocycles. The Kier molecular flexibility index (Phi) is 8.88. The number of benzene rings is 3. The number of hydrogen-bond donors (Lipinski definition) is 5. The van der Waals surface area contributed by atoms with Crippen LogP contribution in [-0.4, -0.2) is 76.0 Å². The van der Waals surface area contributed by atoms with Crippen LogP contribution in [-0.2, 0) is 13.9 Å². The molecule has 6 N–H and O–H groups in total. The summed E-state index contributed by atoms with van der Waals surface area (Å²) in [6, 6.07) is 14.7. The molecule has 0 saturated heterocycles. The third-order valence-electron chi connectivity index (χ3n) is 6.09. The Morgan fingerprint density at radius 3 is 1.61 bits per heavy atom. The minimum absolute atomic E-state index is 0.118. The van der Waals surface area contributed by atoms with Crippen LogP contribution in [0.4, 0.5) is 23.1 Å². The third kappa shape index (κ3) is 6.79. The minimum atomic E-state index is -5.14. The van der Waals surface area contributed by atoms with Crippen LogP contribution >= 0.6 is 0 Å². The molecule has 0 radical (unpaired) electrons. The van der Waals surface area contributed by atoms with E-state index in [2.05, 4.69) is 9.97 Å². The van der Waals surface area contributed by atoms with Crippen LogP contribution in [0.15, 0.2) is 66.9 Å². The van der Waals surface area contributed by atoms with Crippen molar-refractivity contribution in [2.24, 2.45) is 0 Å². The molecule has 0 unspecified atom stereocenters. The second-order valence-electron chi connectivity index (χ2n) is 8.75. The van der Waals surface area contributed by atoms with Gasteiger partial charge in [0.2, 0.25) is 5.75 Å². The van der Waals surface area contributed by atoms with Crippen molar-refractivity contribution in [3.63, 3.8) is 0 Å². The van der Waals surface area contributed by atoms with Gasteiger partial charge < -0.3 is 14.2 Å². The summed E-state index contributed by atoms with van der Waals surface area (Å²) >= 11 is -10.3. The van der Waals surface area contributed by atoms with Crippen LogP contribution in [0.3, 0.4) is 0 Å². The average Bonchev–Trinajstić information content (AvgIpc) is 2.93. The number of nitrogens with zero attached hydrogens (tertiary/aromatic N) is 3. The van der Waals surface area contributed by atoms with Crippen molar-refractivity contribution in [2.45, 2.75) is 6.42 Å². The van der Waals surface area contributed by atoms with E-state index in [1.807, 2.05) is 0 Å². The molecule has 0 amide bonds. The maximum atomic E-state index is 11.7. The fourth-order valence-corrected chi connectivity index (χ4v) is 6.34. The van der Waals surface area contributed by atoms with Crippen LogP contribution in [0.25, 0.3) is 0 Å². The Morgan fingerprint density at radius 2 is 1.24 bits per heavy atom. The van der Waals surface area contributed by atoms with Crippen molar-refractivity contribution >= 4 is 60.2 Å². The van der Waals surface area contributed by atoms with Gasteiger partial charge in [-0.2, -0.15) is 0 Å². The zero-order valence-electron chi connectivity index (χ0n) is 22.2. The molecule has 0 aliphatic rings. The topological polar surface area (TPSA) is 198 Å². The van der Waals surface area contributed by atoms with E-state index in [9.17, 15) is 23.9 Å². The summed E-state index contributed by atoms with van der Waals surface area (Å²) in [6.07, 6.45) is 1.88. The van der Waals surface area contributed by atoms with Crippen molar-refractivity contribution in [3.05, 3.63) is 78.0 Å². The average molecular weight is 690 g/mol. The fourth-order valence-electron chi connectivity index (χ4n) is 4.08. The van der Waals surface area contributed by atoms with Crippen molar-refractivity contribution in [1.82, 2.24) is 9.97 Å². The van der Waals surface area contributed by atoms with Crippen LogP contribution in [0, 0.1) is 0 Å². The van der Waals surface area contributed by atoms with Gasteiger partial charge in [0.15, 0.2) is 11.5 Å². The summed E-state index contributed by atoms with van der Waals surface area (Å²) in [5.74, 6) is 1.69. The number of nitrogens with two attached hydrogens (primary N) is 1. The molecule has 15 heteroatoms. The van der Waals surface area contributed by atoms with Gasteiger partial charge in [0, 0.05) is 0 Å². The predicted molar refractivity (Wildman–Crippen MR) is 151 cm³/mol. The predicted octanol–water partition coefficient (Wildman–Crippen LogP) is 0.267. The van der Waals surface area contributed by atoms with Crippen molar-refractivity contribution in [3.8, 4) is 17.2 Å². The third-order valence-corrected chi connectivity index (χ3v) is 10.2. The number of nitrogen functional groups attached to an aromatic ring is 1. The van der Waals surface area contributed by atoms with Crippen molar-refractivity contribution in [1.29, 1.82) is 0 Å². The molecule has 216 valence electrons. The summed E-state index contributed by atoms with van der Waals surface area (Å²) < 4.78 is 77.7. The van der Waals surface area contributed by atoms with E-state index in [1.165, 1.54) is 69.9 Å². The molecule has 3 aromatic carbocycles. The van der Waals surface area contributed by atoms with Crippen molar-refractivity contribution < 1.29 is 38.1 Å². The monoisotopic (exact) mass is 690 g/mol. The molecule has 0 spiro atoms. The number of ether oxygens (including phenoxy) is 3. The Labute approximate surface area is 241 Å². The van der Waals surface area contributed by atoms with Crippen LogP contribution in [0.2, 0.25) is 0 Å². The smallest absolute Gasteiger partial charge is 0.493 e. The molecular formula is C26H28As2N4O9. The Morgan fingerprint density at radius 1 is 0.780 bits per heavy atom. The van der Waals surface area contributed by atoms with Gasteiger partial charge in [0.1, 0.15) is 0 Å². The van der Waals surface area contributed by atoms with Gasteiger partial charge in [-0.3, -0.25) is 0 Å². The van der Waals surface area contributed by atoms with E-state index < -0.39 is 28.3 Å². The second-order valence-corrected chi connectivity index (χ2v) is 15.5. The van der Waals surface area contributed by atoms with Gasteiger partial charge in [-0.15, -0.1) is 0 Å². The molecule has 0 bridgehead atoms. The van der Waals surface area contributed by atoms with E-state index in [0.29, 0.717) is 40.6 Å². The zero-order chi connectivity index (χ0) is 29.9. The van der Waals surface area contributed by atoms with Gasteiger partial charge in [-0.1, -0.05) is 0 Å². The Balaban J connectivity index is 1.75. The quantitative estimate of drug-likeness (QED) is 0.142. The summed E-state index contributed by atoms with van der Waals surface area (Å²) in [7, 11) is 4.54. The normalized spacial score (nSPS) is 11.7. The number of anilines is 4. The minimum Gasteiger partial charge on any atom is -0.493 e. The van der Waals surface area contributed by atoms with E-state index >= 15 is 0 Å². The molecule has 4 rings (SSSR count). The Bertz CT molecular complexity index is 1550. The molecule has 1 heterocycles. The van der Waals surface area contributed by atoms with Crippen LogP contribution < -0.4 is 33.5 Å². The molecule has 0 saturated carbocycles. The van der Waals surface area contributed by atoms with Crippen molar-refractivity contribution in [2.75, 3.05) is 32.0 Å².